The molecule has 14 heavy (non-hydrogen) atoms. The van der Waals surface area contributed by atoms with Crippen LogP contribution in [0, 0.1) is 5.41 Å². The third-order valence-electron chi connectivity index (χ3n) is 2.59. The van der Waals surface area contributed by atoms with Crippen LogP contribution in [0.4, 0.5) is 4.39 Å². The maximum Gasteiger partial charge on any atom is 0.111 e. The SMILES string of the molecule is CC(c1ccccc1)C(F)C(C)(C)C. The van der Waals surface area contributed by atoms with Gasteiger partial charge in [-0.25, -0.2) is 4.39 Å². The lowest BCUT2D eigenvalue weighted by Gasteiger charge is -2.29. The minimum Gasteiger partial charge on any atom is -0.246 e. The van der Waals surface area contributed by atoms with Crippen LogP contribution in [0.2, 0.25) is 0 Å². The fourth-order valence-corrected chi connectivity index (χ4v) is 1.68. The van der Waals surface area contributed by atoms with Gasteiger partial charge < -0.3 is 0 Å². The second kappa shape index (κ2) is 4.12. The Morgan fingerprint density at radius 2 is 1.57 bits per heavy atom. The number of benzene rings is 1. The van der Waals surface area contributed by atoms with Crippen molar-refractivity contribution in [2.45, 2.75) is 39.8 Å². The predicted molar refractivity (Wildman–Crippen MR) is 59.2 cm³/mol. The molecule has 1 heteroatoms. The molecule has 0 aromatic heterocycles. The van der Waals surface area contributed by atoms with Gasteiger partial charge in [0.05, 0.1) is 0 Å². The first-order valence-electron chi connectivity index (χ1n) is 5.12. The van der Waals surface area contributed by atoms with E-state index in [-0.39, 0.29) is 11.3 Å². The molecule has 0 saturated carbocycles. The maximum absolute atomic E-state index is 14.0. The van der Waals surface area contributed by atoms with E-state index in [0.717, 1.165) is 5.56 Å². The second-order valence-electron chi connectivity index (χ2n) is 4.97. The van der Waals surface area contributed by atoms with Crippen LogP contribution < -0.4 is 0 Å². The van der Waals surface area contributed by atoms with Gasteiger partial charge in [0.25, 0.3) is 0 Å². The number of alkyl halides is 1. The minimum absolute atomic E-state index is 0.0313. The summed E-state index contributed by atoms with van der Waals surface area (Å²) < 4.78 is 14.0. The Balaban J connectivity index is 2.81. The molecular weight excluding hydrogens is 175 g/mol. The van der Waals surface area contributed by atoms with Gasteiger partial charge in [0.1, 0.15) is 6.17 Å². The van der Waals surface area contributed by atoms with E-state index in [1.807, 2.05) is 58.0 Å². The number of hydrogen-bond donors (Lipinski definition) is 0. The molecule has 1 aromatic rings. The van der Waals surface area contributed by atoms with Crippen molar-refractivity contribution in [1.82, 2.24) is 0 Å². The maximum atomic E-state index is 14.0. The lowest BCUT2D eigenvalue weighted by molar-refractivity contribution is 0.137. The zero-order valence-electron chi connectivity index (χ0n) is 9.42. The third-order valence-corrected chi connectivity index (χ3v) is 2.59. The Morgan fingerprint density at radius 1 is 1.07 bits per heavy atom. The molecule has 0 radical (unpaired) electrons. The summed E-state index contributed by atoms with van der Waals surface area (Å²) in [5.41, 5.74) is 0.796. The van der Waals surface area contributed by atoms with Gasteiger partial charge in [-0.05, 0) is 11.0 Å². The first-order valence-corrected chi connectivity index (χ1v) is 5.12. The highest BCUT2D eigenvalue weighted by Gasteiger charge is 2.30. The Morgan fingerprint density at radius 3 is 2.00 bits per heavy atom. The van der Waals surface area contributed by atoms with Crippen molar-refractivity contribution >= 4 is 0 Å². The van der Waals surface area contributed by atoms with Crippen molar-refractivity contribution in [2.75, 3.05) is 0 Å². The number of hydrogen-bond acceptors (Lipinski definition) is 0. The molecule has 0 heterocycles. The second-order valence-corrected chi connectivity index (χ2v) is 4.97. The molecule has 1 rings (SSSR count). The molecule has 0 aliphatic carbocycles. The normalized spacial score (nSPS) is 16.4. The molecule has 0 aliphatic heterocycles. The highest BCUT2D eigenvalue weighted by atomic mass is 19.1. The van der Waals surface area contributed by atoms with Crippen molar-refractivity contribution in [1.29, 1.82) is 0 Å². The van der Waals surface area contributed by atoms with Gasteiger partial charge in [-0.1, -0.05) is 58.0 Å². The summed E-state index contributed by atoms with van der Waals surface area (Å²) in [7, 11) is 0. The van der Waals surface area contributed by atoms with E-state index in [2.05, 4.69) is 0 Å². The molecule has 0 fully saturated rings. The predicted octanol–water partition coefficient (Wildman–Crippen LogP) is 4.17. The molecule has 0 spiro atoms. The van der Waals surface area contributed by atoms with Crippen LogP contribution >= 0.6 is 0 Å². The zero-order valence-corrected chi connectivity index (χ0v) is 9.42. The largest absolute Gasteiger partial charge is 0.246 e. The summed E-state index contributed by atoms with van der Waals surface area (Å²) >= 11 is 0. The molecule has 0 aliphatic rings. The van der Waals surface area contributed by atoms with Crippen LogP contribution in [0.1, 0.15) is 39.2 Å². The average Bonchev–Trinajstić information content (AvgIpc) is 2.15. The first-order chi connectivity index (χ1) is 6.43. The standard InChI is InChI=1S/C13H19F/c1-10(12(14)13(2,3)4)11-8-6-5-7-9-11/h5-10,12H,1-4H3. The van der Waals surface area contributed by atoms with Crippen LogP contribution in [-0.2, 0) is 0 Å². The molecule has 2 unspecified atom stereocenters. The van der Waals surface area contributed by atoms with Gasteiger partial charge in [-0.3, -0.25) is 0 Å². The molecule has 0 amide bonds. The molecule has 2 atom stereocenters. The van der Waals surface area contributed by atoms with Gasteiger partial charge >= 0.3 is 0 Å². The van der Waals surface area contributed by atoms with Gasteiger partial charge in [0.15, 0.2) is 0 Å². The fourth-order valence-electron chi connectivity index (χ4n) is 1.68. The zero-order chi connectivity index (χ0) is 10.8. The number of halogens is 1. The summed E-state index contributed by atoms with van der Waals surface area (Å²) in [6.45, 7) is 7.77. The lowest BCUT2D eigenvalue weighted by Crippen LogP contribution is -2.27. The quantitative estimate of drug-likeness (QED) is 0.662. The highest BCUT2D eigenvalue weighted by Crippen LogP contribution is 2.33. The molecular formula is C13H19F. The summed E-state index contributed by atoms with van der Waals surface area (Å²) in [5.74, 6) is -0.0313. The molecule has 78 valence electrons. The first kappa shape index (κ1) is 11.2. The third kappa shape index (κ3) is 2.57. The van der Waals surface area contributed by atoms with Gasteiger partial charge in [-0.15, -0.1) is 0 Å². The van der Waals surface area contributed by atoms with E-state index in [9.17, 15) is 4.39 Å². The van der Waals surface area contributed by atoms with E-state index in [1.165, 1.54) is 0 Å². The monoisotopic (exact) mass is 194 g/mol. The Kier molecular flexibility index (Phi) is 3.30. The summed E-state index contributed by atoms with van der Waals surface area (Å²) in [5, 5.41) is 0. The Hall–Kier alpha value is -0.850. The summed E-state index contributed by atoms with van der Waals surface area (Å²) in [4.78, 5) is 0. The average molecular weight is 194 g/mol. The van der Waals surface area contributed by atoms with Crippen LogP contribution in [0.3, 0.4) is 0 Å². The van der Waals surface area contributed by atoms with Gasteiger partial charge in [0, 0.05) is 5.92 Å². The van der Waals surface area contributed by atoms with E-state index < -0.39 is 6.17 Å². The van der Waals surface area contributed by atoms with Crippen LogP contribution in [0.5, 0.6) is 0 Å². The smallest absolute Gasteiger partial charge is 0.111 e. The minimum atomic E-state index is -0.801. The van der Waals surface area contributed by atoms with Crippen molar-refractivity contribution in [2.24, 2.45) is 5.41 Å². The number of rotatable bonds is 2. The van der Waals surface area contributed by atoms with Crippen LogP contribution in [-0.4, -0.2) is 6.17 Å². The van der Waals surface area contributed by atoms with Crippen LogP contribution in [0.15, 0.2) is 30.3 Å². The van der Waals surface area contributed by atoms with Crippen molar-refractivity contribution in [3.05, 3.63) is 35.9 Å². The van der Waals surface area contributed by atoms with Crippen molar-refractivity contribution in [3.63, 3.8) is 0 Å². The molecule has 0 bridgehead atoms. The summed E-state index contributed by atoms with van der Waals surface area (Å²) in [6, 6.07) is 9.86. The van der Waals surface area contributed by atoms with Gasteiger partial charge in [0.2, 0.25) is 0 Å². The Bertz CT molecular complexity index is 271. The Labute approximate surface area is 86.2 Å². The lowest BCUT2D eigenvalue weighted by atomic mass is 9.80. The van der Waals surface area contributed by atoms with Crippen LogP contribution in [0.25, 0.3) is 0 Å². The van der Waals surface area contributed by atoms with E-state index in [1.54, 1.807) is 0 Å². The van der Waals surface area contributed by atoms with E-state index >= 15 is 0 Å². The van der Waals surface area contributed by atoms with Gasteiger partial charge in [-0.2, -0.15) is 0 Å². The topological polar surface area (TPSA) is 0 Å². The molecule has 0 nitrogen and oxygen atoms in total. The van der Waals surface area contributed by atoms with E-state index in [4.69, 9.17) is 0 Å². The summed E-state index contributed by atoms with van der Waals surface area (Å²) in [6.07, 6.45) is -0.801. The van der Waals surface area contributed by atoms with E-state index in [0.29, 0.717) is 0 Å². The van der Waals surface area contributed by atoms with Crippen molar-refractivity contribution in [3.8, 4) is 0 Å². The molecule has 1 aromatic carbocycles. The van der Waals surface area contributed by atoms with Crippen molar-refractivity contribution < 1.29 is 4.39 Å². The highest BCUT2D eigenvalue weighted by molar-refractivity contribution is 5.20. The molecule has 0 saturated heterocycles. The fraction of sp³-hybridized carbons (Fsp3) is 0.538. The molecule has 0 N–H and O–H groups in total.